The van der Waals surface area contributed by atoms with Crippen molar-refractivity contribution in [1.82, 2.24) is 10.0 Å². The predicted octanol–water partition coefficient (Wildman–Crippen LogP) is 2.52. The largest absolute Gasteiger partial charge is 0.365 e. The highest BCUT2D eigenvalue weighted by molar-refractivity contribution is 7.89. The molecule has 0 aliphatic heterocycles. The summed E-state index contributed by atoms with van der Waals surface area (Å²) in [5.41, 5.74) is 0.892. The molecule has 0 radical (unpaired) electrons. The number of para-hydroxylation sites is 1. The van der Waals surface area contributed by atoms with E-state index in [-0.39, 0.29) is 23.9 Å². The number of likely N-dealkylation sites (N-methyl/N-ethyl adjacent to an activating group) is 1. The molecule has 6 nitrogen and oxygen atoms in total. The Labute approximate surface area is 161 Å². The molecule has 0 saturated carbocycles. The van der Waals surface area contributed by atoms with Gasteiger partial charge in [-0.15, -0.1) is 0 Å². The first-order chi connectivity index (χ1) is 12.6. The quantitative estimate of drug-likeness (QED) is 0.763. The van der Waals surface area contributed by atoms with Crippen LogP contribution in [-0.2, 0) is 21.4 Å². The molecule has 0 aromatic heterocycles. The van der Waals surface area contributed by atoms with Crippen LogP contribution >= 0.6 is 0 Å². The van der Waals surface area contributed by atoms with E-state index in [0.29, 0.717) is 5.56 Å². The van der Waals surface area contributed by atoms with Crippen molar-refractivity contribution in [2.24, 2.45) is 0 Å². The number of carbonyl (C=O) groups excluding carboxylic acids is 1. The van der Waals surface area contributed by atoms with Crippen LogP contribution in [0.25, 0.3) is 0 Å². The van der Waals surface area contributed by atoms with Gasteiger partial charge in [0.1, 0.15) is 0 Å². The SMILES string of the molecule is CN(CC(=O)NCc1ccccc1S(=O)(=O)NC(C)(C)C)c1ccccc1. The van der Waals surface area contributed by atoms with Crippen LogP contribution in [0.15, 0.2) is 59.5 Å². The molecular weight excluding hydrogens is 362 g/mol. The number of sulfonamides is 1. The van der Waals surface area contributed by atoms with Crippen LogP contribution < -0.4 is 14.9 Å². The first-order valence-electron chi connectivity index (χ1n) is 8.73. The molecule has 0 bridgehead atoms. The molecule has 0 unspecified atom stereocenters. The molecule has 146 valence electrons. The van der Waals surface area contributed by atoms with Gasteiger partial charge in [-0.25, -0.2) is 13.1 Å². The zero-order chi connectivity index (χ0) is 20.1. The molecule has 2 aromatic rings. The smallest absolute Gasteiger partial charge is 0.241 e. The highest BCUT2D eigenvalue weighted by Crippen LogP contribution is 2.18. The summed E-state index contributed by atoms with van der Waals surface area (Å²) >= 11 is 0. The van der Waals surface area contributed by atoms with E-state index in [1.807, 2.05) is 42.3 Å². The fourth-order valence-electron chi connectivity index (χ4n) is 2.61. The van der Waals surface area contributed by atoms with Gasteiger partial charge >= 0.3 is 0 Å². The Balaban J connectivity index is 2.05. The van der Waals surface area contributed by atoms with Gasteiger partial charge in [0.2, 0.25) is 15.9 Å². The minimum absolute atomic E-state index is 0.142. The van der Waals surface area contributed by atoms with Gasteiger partial charge in [0, 0.05) is 24.8 Å². The van der Waals surface area contributed by atoms with Crippen LogP contribution in [0.4, 0.5) is 5.69 Å². The third-order valence-corrected chi connectivity index (χ3v) is 5.61. The van der Waals surface area contributed by atoms with Crippen LogP contribution in [0.5, 0.6) is 0 Å². The van der Waals surface area contributed by atoms with Gasteiger partial charge in [-0.05, 0) is 44.5 Å². The molecule has 0 spiro atoms. The fourth-order valence-corrected chi connectivity index (χ4v) is 4.27. The molecule has 0 fully saturated rings. The maximum atomic E-state index is 12.6. The summed E-state index contributed by atoms with van der Waals surface area (Å²) < 4.78 is 27.9. The molecule has 0 aliphatic rings. The van der Waals surface area contributed by atoms with E-state index < -0.39 is 15.6 Å². The van der Waals surface area contributed by atoms with E-state index in [4.69, 9.17) is 0 Å². The number of anilines is 1. The lowest BCUT2D eigenvalue weighted by Gasteiger charge is -2.22. The Hall–Kier alpha value is -2.38. The lowest BCUT2D eigenvalue weighted by Crippen LogP contribution is -2.41. The van der Waals surface area contributed by atoms with Gasteiger partial charge in [0.15, 0.2) is 0 Å². The van der Waals surface area contributed by atoms with Crippen molar-refractivity contribution >= 4 is 21.6 Å². The Morgan fingerprint density at radius 2 is 1.59 bits per heavy atom. The zero-order valence-electron chi connectivity index (χ0n) is 16.2. The fraction of sp³-hybridized carbons (Fsp3) is 0.350. The number of nitrogens with one attached hydrogen (secondary N) is 2. The number of carbonyl (C=O) groups is 1. The molecule has 1 amide bonds. The van der Waals surface area contributed by atoms with Gasteiger partial charge in [0.05, 0.1) is 11.4 Å². The van der Waals surface area contributed by atoms with Crippen molar-refractivity contribution in [2.45, 2.75) is 37.8 Å². The van der Waals surface area contributed by atoms with Crippen molar-refractivity contribution in [1.29, 1.82) is 0 Å². The van der Waals surface area contributed by atoms with Gasteiger partial charge in [-0.2, -0.15) is 0 Å². The van der Waals surface area contributed by atoms with Gasteiger partial charge < -0.3 is 10.2 Å². The van der Waals surface area contributed by atoms with Gasteiger partial charge in [0.25, 0.3) is 0 Å². The summed E-state index contributed by atoms with van der Waals surface area (Å²) in [6.07, 6.45) is 0. The minimum Gasteiger partial charge on any atom is -0.365 e. The zero-order valence-corrected chi connectivity index (χ0v) is 17.0. The third kappa shape index (κ3) is 6.37. The summed E-state index contributed by atoms with van der Waals surface area (Å²) in [6, 6.07) is 16.3. The highest BCUT2D eigenvalue weighted by atomic mass is 32.2. The van der Waals surface area contributed by atoms with Crippen molar-refractivity contribution in [3.8, 4) is 0 Å². The average molecular weight is 390 g/mol. The summed E-state index contributed by atoms with van der Waals surface area (Å²) in [4.78, 5) is 14.3. The molecule has 2 rings (SSSR count). The maximum absolute atomic E-state index is 12.6. The third-order valence-electron chi connectivity index (χ3n) is 3.76. The van der Waals surface area contributed by atoms with Crippen LogP contribution in [-0.4, -0.2) is 33.5 Å². The molecule has 0 atom stereocenters. The van der Waals surface area contributed by atoms with Crippen LogP contribution in [0.1, 0.15) is 26.3 Å². The Kier molecular flexibility index (Phi) is 6.62. The first kappa shape index (κ1) is 20.9. The van der Waals surface area contributed by atoms with E-state index in [0.717, 1.165) is 5.69 Å². The first-order valence-corrected chi connectivity index (χ1v) is 10.2. The normalized spacial score (nSPS) is 11.9. The van der Waals surface area contributed by atoms with Crippen molar-refractivity contribution in [3.63, 3.8) is 0 Å². The topological polar surface area (TPSA) is 78.5 Å². The number of hydrogen-bond acceptors (Lipinski definition) is 4. The molecule has 2 N–H and O–H groups in total. The second kappa shape index (κ2) is 8.54. The molecule has 27 heavy (non-hydrogen) atoms. The number of rotatable bonds is 7. The average Bonchev–Trinajstić information content (AvgIpc) is 2.59. The second-order valence-electron chi connectivity index (χ2n) is 7.43. The Morgan fingerprint density at radius 3 is 2.22 bits per heavy atom. The lowest BCUT2D eigenvalue weighted by molar-refractivity contribution is -0.119. The number of nitrogens with zero attached hydrogens (tertiary/aromatic N) is 1. The lowest BCUT2D eigenvalue weighted by atomic mass is 10.1. The van der Waals surface area contributed by atoms with E-state index in [9.17, 15) is 13.2 Å². The summed E-state index contributed by atoms with van der Waals surface area (Å²) in [5.74, 6) is -0.183. The molecule has 7 heteroatoms. The highest BCUT2D eigenvalue weighted by Gasteiger charge is 2.24. The predicted molar refractivity (Wildman–Crippen MR) is 108 cm³/mol. The number of benzene rings is 2. The van der Waals surface area contributed by atoms with E-state index in [1.54, 1.807) is 45.0 Å². The summed E-state index contributed by atoms with van der Waals surface area (Å²) in [7, 11) is -1.84. The summed E-state index contributed by atoms with van der Waals surface area (Å²) in [6.45, 7) is 5.68. The van der Waals surface area contributed by atoms with Crippen LogP contribution in [0.3, 0.4) is 0 Å². The molecule has 0 heterocycles. The van der Waals surface area contributed by atoms with E-state index >= 15 is 0 Å². The van der Waals surface area contributed by atoms with Crippen molar-refractivity contribution < 1.29 is 13.2 Å². The Bertz CT molecular complexity index is 875. The standard InChI is InChI=1S/C20H27N3O3S/c1-20(2,3)22-27(25,26)18-13-9-8-10-16(18)14-21-19(24)15-23(4)17-11-6-5-7-12-17/h5-13,22H,14-15H2,1-4H3,(H,21,24). The number of hydrogen-bond donors (Lipinski definition) is 2. The van der Waals surface area contributed by atoms with E-state index in [2.05, 4.69) is 10.0 Å². The Morgan fingerprint density at radius 1 is 1.00 bits per heavy atom. The van der Waals surface area contributed by atoms with E-state index in [1.165, 1.54) is 0 Å². The van der Waals surface area contributed by atoms with Crippen molar-refractivity contribution in [2.75, 3.05) is 18.5 Å². The van der Waals surface area contributed by atoms with Gasteiger partial charge in [-0.3, -0.25) is 4.79 Å². The maximum Gasteiger partial charge on any atom is 0.241 e. The van der Waals surface area contributed by atoms with Crippen LogP contribution in [0, 0.1) is 0 Å². The van der Waals surface area contributed by atoms with Crippen molar-refractivity contribution in [3.05, 3.63) is 60.2 Å². The molecule has 0 aliphatic carbocycles. The second-order valence-corrected chi connectivity index (χ2v) is 9.08. The number of amides is 1. The monoisotopic (exact) mass is 389 g/mol. The van der Waals surface area contributed by atoms with Crippen LogP contribution in [0.2, 0.25) is 0 Å². The molecule has 0 saturated heterocycles. The van der Waals surface area contributed by atoms with Gasteiger partial charge in [-0.1, -0.05) is 36.4 Å². The molecular formula is C20H27N3O3S. The molecule has 2 aromatic carbocycles. The summed E-state index contributed by atoms with van der Waals surface area (Å²) in [5, 5.41) is 2.80. The minimum atomic E-state index is -3.67.